The maximum Gasteiger partial charge on any atom is 0.242 e. The summed E-state index contributed by atoms with van der Waals surface area (Å²) < 4.78 is 26.0. The molecule has 0 spiro atoms. The van der Waals surface area contributed by atoms with Gasteiger partial charge in [-0.2, -0.15) is 0 Å². The van der Waals surface area contributed by atoms with Gasteiger partial charge in [-0.3, -0.25) is 13.9 Å². The van der Waals surface area contributed by atoms with Crippen LogP contribution in [0.2, 0.25) is 20.1 Å². The molecule has 1 atom stereocenters. The summed E-state index contributed by atoms with van der Waals surface area (Å²) in [6.45, 7) is 4.20. The number of nitrogens with one attached hydrogen (secondary N) is 1. The van der Waals surface area contributed by atoms with E-state index in [4.69, 9.17) is 46.4 Å². The van der Waals surface area contributed by atoms with Crippen LogP contribution in [-0.2, 0) is 26.2 Å². The van der Waals surface area contributed by atoms with Crippen LogP contribution in [0.1, 0.15) is 38.7 Å². The van der Waals surface area contributed by atoms with Crippen molar-refractivity contribution in [1.82, 2.24) is 10.2 Å². The van der Waals surface area contributed by atoms with E-state index in [1.54, 1.807) is 31.2 Å². The molecular weight excluding hydrogens is 568 g/mol. The Hall–Kier alpha value is -1.71. The molecular formula is C24H29Cl4N3O4S. The molecule has 0 aliphatic carbocycles. The number of rotatable bonds is 12. The zero-order valence-electron chi connectivity index (χ0n) is 20.2. The molecule has 1 unspecified atom stereocenters. The number of benzene rings is 2. The van der Waals surface area contributed by atoms with E-state index in [0.29, 0.717) is 27.2 Å². The summed E-state index contributed by atoms with van der Waals surface area (Å²) in [6, 6.07) is 8.78. The normalized spacial score (nSPS) is 12.2. The molecule has 2 rings (SSSR count). The molecule has 0 saturated carbocycles. The molecule has 36 heavy (non-hydrogen) atoms. The van der Waals surface area contributed by atoms with Gasteiger partial charge in [0.2, 0.25) is 21.8 Å². The number of sulfonamides is 1. The van der Waals surface area contributed by atoms with Crippen molar-refractivity contribution in [1.29, 1.82) is 0 Å². The monoisotopic (exact) mass is 595 g/mol. The largest absolute Gasteiger partial charge is 0.354 e. The van der Waals surface area contributed by atoms with E-state index in [0.717, 1.165) is 17.0 Å². The zero-order chi connectivity index (χ0) is 27.0. The second-order valence-corrected chi connectivity index (χ2v) is 11.8. The van der Waals surface area contributed by atoms with Crippen molar-refractivity contribution in [3.05, 3.63) is 62.1 Å². The number of carbonyl (C=O) groups excluding carboxylic acids is 2. The van der Waals surface area contributed by atoms with E-state index in [2.05, 4.69) is 5.32 Å². The lowest BCUT2D eigenvalue weighted by atomic mass is 10.1. The summed E-state index contributed by atoms with van der Waals surface area (Å²) in [6.07, 6.45) is 2.00. The SMILES string of the molecule is CCCNC(=O)C(C)N(Cc1ccc(Cl)c(Cl)c1)C(=O)CCCN(c1cc(Cl)ccc1Cl)S(C)(=O)=O. The van der Waals surface area contributed by atoms with Crippen LogP contribution >= 0.6 is 46.4 Å². The molecule has 0 aliphatic heterocycles. The van der Waals surface area contributed by atoms with Crippen LogP contribution in [0.15, 0.2) is 36.4 Å². The average molecular weight is 597 g/mol. The van der Waals surface area contributed by atoms with Gasteiger partial charge in [-0.25, -0.2) is 8.42 Å². The van der Waals surface area contributed by atoms with Gasteiger partial charge in [-0.15, -0.1) is 0 Å². The van der Waals surface area contributed by atoms with Crippen LogP contribution in [0.4, 0.5) is 5.69 Å². The fourth-order valence-electron chi connectivity index (χ4n) is 3.47. The third-order valence-corrected chi connectivity index (χ3v) is 7.86. The van der Waals surface area contributed by atoms with Gasteiger partial charge in [0.1, 0.15) is 6.04 Å². The molecule has 2 amide bonds. The Morgan fingerprint density at radius 1 is 1.00 bits per heavy atom. The molecule has 0 aliphatic rings. The quantitative estimate of drug-likeness (QED) is 0.336. The number of hydrogen-bond acceptors (Lipinski definition) is 4. The van der Waals surface area contributed by atoms with Gasteiger partial charge in [0.05, 0.1) is 27.0 Å². The molecule has 12 heteroatoms. The Bertz CT molecular complexity index is 1190. The molecule has 0 radical (unpaired) electrons. The van der Waals surface area contributed by atoms with Crippen molar-refractivity contribution in [2.75, 3.05) is 23.7 Å². The first-order valence-electron chi connectivity index (χ1n) is 11.3. The van der Waals surface area contributed by atoms with E-state index in [-0.39, 0.29) is 48.5 Å². The van der Waals surface area contributed by atoms with E-state index < -0.39 is 16.1 Å². The first-order valence-corrected chi connectivity index (χ1v) is 14.6. The lowest BCUT2D eigenvalue weighted by Gasteiger charge is -2.29. The fraction of sp³-hybridized carbons (Fsp3) is 0.417. The molecule has 7 nitrogen and oxygen atoms in total. The number of amides is 2. The van der Waals surface area contributed by atoms with Gasteiger partial charge in [0.25, 0.3) is 0 Å². The fourth-order valence-corrected chi connectivity index (χ4v) is 5.20. The van der Waals surface area contributed by atoms with Crippen LogP contribution in [0.25, 0.3) is 0 Å². The molecule has 0 aromatic heterocycles. The third kappa shape index (κ3) is 8.70. The van der Waals surface area contributed by atoms with Gasteiger partial charge in [-0.05, 0) is 55.7 Å². The number of nitrogens with zero attached hydrogens (tertiary/aromatic N) is 2. The van der Waals surface area contributed by atoms with Crippen LogP contribution in [-0.4, -0.2) is 50.5 Å². The summed E-state index contributed by atoms with van der Waals surface area (Å²) in [4.78, 5) is 27.4. The number of carbonyl (C=O) groups is 2. The Morgan fingerprint density at radius 2 is 1.67 bits per heavy atom. The number of anilines is 1. The first kappa shape index (κ1) is 30.5. The Kier molecular flexibility index (Phi) is 11.6. The highest BCUT2D eigenvalue weighted by Gasteiger charge is 2.27. The highest BCUT2D eigenvalue weighted by atomic mass is 35.5. The van der Waals surface area contributed by atoms with Crippen LogP contribution < -0.4 is 9.62 Å². The highest BCUT2D eigenvalue weighted by molar-refractivity contribution is 7.92. The standard InChI is InChI=1S/C24H29Cl4N3O4S/c1-4-11-29-24(33)16(2)30(15-17-7-9-19(26)21(28)13-17)23(32)6-5-12-31(36(3,34)35)22-14-18(25)8-10-20(22)27/h7-10,13-14,16H,4-6,11-12,15H2,1-3H3,(H,29,33). The van der Waals surface area contributed by atoms with E-state index in [1.807, 2.05) is 6.92 Å². The van der Waals surface area contributed by atoms with Crippen molar-refractivity contribution < 1.29 is 18.0 Å². The van der Waals surface area contributed by atoms with Crippen molar-refractivity contribution in [2.45, 2.75) is 45.7 Å². The van der Waals surface area contributed by atoms with Crippen LogP contribution in [0.3, 0.4) is 0 Å². The molecule has 0 saturated heterocycles. The van der Waals surface area contributed by atoms with Crippen LogP contribution in [0.5, 0.6) is 0 Å². The Labute approximate surface area is 232 Å². The van der Waals surface area contributed by atoms with Gasteiger partial charge >= 0.3 is 0 Å². The minimum Gasteiger partial charge on any atom is -0.354 e. The molecule has 1 N–H and O–H groups in total. The smallest absolute Gasteiger partial charge is 0.242 e. The van der Waals surface area contributed by atoms with Gasteiger partial charge < -0.3 is 10.2 Å². The van der Waals surface area contributed by atoms with Crippen molar-refractivity contribution in [3.63, 3.8) is 0 Å². The molecule has 0 heterocycles. The maximum atomic E-state index is 13.3. The number of hydrogen-bond donors (Lipinski definition) is 1. The van der Waals surface area contributed by atoms with Crippen molar-refractivity contribution in [2.24, 2.45) is 0 Å². The predicted octanol–water partition coefficient (Wildman–Crippen LogP) is 5.79. The molecule has 2 aromatic rings. The Morgan fingerprint density at radius 3 is 2.28 bits per heavy atom. The lowest BCUT2D eigenvalue weighted by molar-refractivity contribution is -0.140. The van der Waals surface area contributed by atoms with E-state index in [9.17, 15) is 18.0 Å². The molecule has 198 valence electrons. The van der Waals surface area contributed by atoms with Crippen LogP contribution in [0, 0.1) is 0 Å². The van der Waals surface area contributed by atoms with E-state index in [1.165, 1.54) is 17.0 Å². The maximum absolute atomic E-state index is 13.3. The first-order chi connectivity index (χ1) is 16.8. The number of halogens is 4. The lowest BCUT2D eigenvalue weighted by Crippen LogP contribution is -2.47. The summed E-state index contributed by atoms with van der Waals surface area (Å²) >= 11 is 24.4. The predicted molar refractivity (Wildman–Crippen MR) is 148 cm³/mol. The minimum atomic E-state index is -3.70. The summed E-state index contributed by atoms with van der Waals surface area (Å²) in [5, 5.41) is 4.08. The van der Waals surface area contributed by atoms with Gasteiger partial charge in [0, 0.05) is 31.1 Å². The molecule has 0 bridgehead atoms. The molecule has 2 aromatic carbocycles. The Balaban J connectivity index is 2.21. The van der Waals surface area contributed by atoms with E-state index >= 15 is 0 Å². The second-order valence-electron chi connectivity index (χ2n) is 8.27. The summed E-state index contributed by atoms with van der Waals surface area (Å²) in [5.41, 5.74) is 0.940. The average Bonchev–Trinajstić information content (AvgIpc) is 2.81. The van der Waals surface area contributed by atoms with Crippen molar-refractivity contribution >= 4 is 73.9 Å². The highest BCUT2D eigenvalue weighted by Crippen LogP contribution is 2.31. The zero-order valence-corrected chi connectivity index (χ0v) is 24.1. The van der Waals surface area contributed by atoms with Gasteiger partial charge in [-0.1, -0.05) is 59.4 Å². The second kappa shape index (κ2) is 13.7. The van der Waals surface area contributed by atoms with Gasteiger partial charge in [0.15, 0.2) is 0 Å². The summed E-state index contributed by atoms with van der Waals surface area (Å²) in [7, 11) is -3.70. The third-order valence-electron chi connectivity index (χ3n) is 5.38. The molecule has 0 fully saturated rings. The topological polar surface area (TPSA) is 86.8 Å². The minimum absolute atomic E-state index is 0.00165. The van der Waals surface area contributed by atoms with Crippen molar-refractivity contribution in [3.8, 4) is 0 Å². The summed E-state index contributed by atoms with van der Waals surface area (Å²) in [5.74, 6) is -0.598.